The summed E-state index contributed by atoms with van der Waals surface area (Å²) < 4.78 is 11.8. The van der Waals surface area contributed by atoms with E-state index in [0.717, 1.165) is 6.08 Å². The standard InChI is InChI=1S/C4H6ClF/c1-3-4(2,5)6/h3H,1H2,2H3. The van der Waals surface area contributed by atoms with Gasteiger partial charge in [0.2, 0.25) is 0 Å². The number of alkyl halides is 2. The molecule has 0 aromatic carbocycles. The minimum absolute atomic E-state index is 1.04. The average molecular weight is 109 g/mol. The van der Waals surface area contributed by atoms with Crippen molar-refractivity contribution in [3.8, 4) is 0 Å². The van der Waals surface area contributed by atoms with Gasteiger partial charge in [0.25, 0.3) is 0 Å². The number of halogens is 2. The topological polar surface area (TPSA) is 0 Å². The maximum absolute atomic E-state index is 11.8. The van der Waals surface area contributed by atoms with Crippen LogP contribution in [0.5, 0.6) is 0 Å². The summed E-state index contributed by atoms with van der Waals surface area (Å²) in [6.45, 7) is 4.35. The monoisotopic (exact) mass is 108 g/mol. The van der Waals surface area contributed by atoms with Crippen molar-refractivity contribution in [2.75, 3.05) is 0 Å². The van der Waals surface area contributed by atoms with Crippen LogP contribution in [0.2, 0.25) is 0 Å². The van der Waals surface area contributed by atoms with E-state index in [-0.39, 0.29) is 0 Å². The molecule has 0 aliphatic rings. The van der Waals surface area contributed by atoms with Gasteiger partial charge in [-0.25, -0.2) is 4.39 Å². The highest BCUT2D eigenvalue weighted by atomic mass is 35.5. The van der Waals surface area contributed by atoms with Crippen molar-refractivity contribution in [1.82, 2.24) is 0 Å². The highest BCUT2D eigenvalue weighted by molar-refractivity contribution is 6.23. The van der Waals surface area contributed by atoms with Crippen molar-refractivity contribution in [2.24, 2.45) is 0 Å². The predicted molar refractivity (Wildman–Crippen MR) is 25.6 cm³/mol. The van der Waals surface area contributed by atoms with Crippen LogP contribution in [-0.2, 0) is 0 Å². The molecule has 36 valence electrons. The van der Waals surface area contributed by atoms with Crippen LogP contribution in [0.3, 0.4) is 0 Å². The van der Waals surface area contributed by atoms with Crippen molar-refractivity contribution >= 4 is 11.6 Å². The molecule has 0 saturated heterocycles. The Morgan fingerprint density at radius 2 is 2.17 bits per heavy atom. The largest absolute Gasteiger partial charge is 0.222 e. The zero-order chi connectivity index (χ0) is 5.21. The van der Waals surface area contributed by atoms with Crippen LogP contribution < -0.4 is 0 Å². The first-order chi connectivity index (χ1) is 2.56. The minimum Gasteiger partial charge on any atom is -0.222 e. The zero-order valence-corrected chi connectivity index (χ0v) is 4.30. The summed E-state index contributed by atoms with van der Waals surface area (Å²) >= 11 is 4.93. The van der Waals surface area contributed by atoms with Crippen LogP contribution >= 0.6 is 11.6 Å². The molecular formula is C4H6ClF. The van der Waals surface area contributed by atoms with Gasteiger partial charge >= 0.3 is 0 Å². The lowest BCUT2D eigenvalue weighted by Crippen LogP contribution is -1.99. The first kappa shape index (κ1) is 5.96. The Kier molecular flexibility index (Phi) is 1.59. The van der Waals surface area contributed by atoms with Gasteiger partial charge in [0.15, 0.2) is 5.13 Å². The van der Waals surface area contributed by atoms with E-state index in [0.29, 0.717) is 0 Å². The molecule has 0 spiro atoms. The molecule has 6 heavy (non-hydrogen) atoms. The normalized spacial score (nSPS) is 19.2. The second-order valence-corrected chi connectivity index (χ2v) is 1.90. The molecule has 0 saturated carbocycles. The van der Waals surface area contributed by atoms with Crippen molar-refractivity contribution in [3.63, 3.8) is 0 Å². The maximum Gasteiger partial charge on any atom is 0.199 e. The van der Waals surface area contributed by atoms with Crippen LogP contribution in [0.1, 0.15) is 6.92 Å². The Morgan fingerprint density at radius 3 is 2.17 bits per heavy atom. The second-order valence-electron chi connectivity index (χ2n) is 1.16. The summed E-state index contributed by atoms with van der Waals surface area (Å²) in [5.74, 6) is 0. The van der Waals surface area contributed by atoms with E-state index in [1.807, 2.05) is 0 Å². The molecule has 0 fully saturated rings. The van der Waals surface area contributed by atoms with Crippen LogP contribution in [0.25, 0.3) is 0 Å². The Labute approximate surface area is 41.6 Å². The van der Waals surface area contributed by atoms with Crippen molar-refractivity contribution in [2.45, 2.75) is 12.1 Å². The predicted octanol–water partition coefficient (Wildman–Crippen LogP) is 2.10. The first-order valence-corrected chi connectivity index (χ1v) is 1.95. The maximum atomic E-state index is 11.8. The van der Waals surface area contributed by atoms with Gasteiger partial charge in [-0.05, 0) is 13.0 Å². The Morgan fingerprint density at radius 1 is 2.00 bits per heavy atom. The molecule has 0 N–H and O–H groups in total. The molecule has 1 unspecified atom stereocenters. The first-order valence-electron chi connectivity index (χ1n) is 1.57. The van der Waals surface area contributed by atoms with Gasteiger partial charge in [-0.1, -0.05) is 18.2 Å². The van der Waals surface area contributed by atoms with Gasteiger partial charge in [0, 0.05) is 0 Å². The molecule has 0 nitrogen and oxygen atoms in total. The number of allylic oxidation sites excluding steroid dienone is 1. The third-order valence-electron chi connectivity index (χ3n) is 0.358. The highest BCUT2D eigenvalue weighted by Crippen LogP contribution is 2.14. The van der Waals surface area contributed by atoms with E-state index < -0.39 is 5.13 Å². The van der Waals surface area contributed by atoms with Crippen LogP contribution in [-0.4, -0.2) is 5.13 Å². The van der Waals surface area contributed by atoms with Crippen molar-refractivity contribution in [1.29, 1.82) is 0 Å². The van der Waals surface area contributed by atoms with Gasteiger partial charge in [0.05, 0.1) is 0 Å². The fourth-order valence-corrected chi connectivity index (χ4v) is 0. The molecule has 0 radical (unpaired) electrons. The van der Waals surface area contributed by atoms with Gasteiger partial charge < -0.3 is 0 Å². The van der Waals surface area contributed by atoms with E-state index in [9.17, 15) is 4.39 Å². The van der Waals surface area contributed by atoms with Crippen LogP contribution in [0, 0.1) is 0 Å². The highest BCUT2D eigenvalue weighted by Gasteiger charge is 2.09. The molecule has 0 aromatic rings. The summed E-state index contributed by atoms with van der Waals surface area (Å²) in [6, 6.07) is 0. The van der Waals surface area contributed by atoms with Crippen LogP contribution in [0.4, 0.5) is 4.39 Å². The smallest absolute Gasteiger partial charge is 0.199 e. The zero-order valence-electron chi connectivity index (χ0n) is 3.54. The molecule has 0 amide bonds. The second kappa shape index (κ2) is 1.61. The minimum atomic E-state index is -1.72. The van der Waals surface area contributed by atoms with Crippen LogP contribution in [0.15, 0.2) is 12.7 Å². The van der Waals surface area contributed by atoms with Gasteiger partial charge in [-0.2, -0.15) is 0 Å². The Hall–Kier alpha value is -0.0400. The third-order valence-corrected chi connectivity index (χ3v) is 0.513. The molecule has 0 bridgehead atoms. The van der Waals surface area contributed by atoms with E-state index in [4.69, 9.17) is 11.6 Å². The Bertz CT molecular complexity index is 53.1. The number of hydrogen-bond donors (Lipinski definition) is 0. The van der Waals surface area contributed by atoms with Crippen molar-refractivity contribution < 1.29 is 4.39 Å². The lowest BCUT2D eigenvalue weighted by Gasteiger charge is -1.99. The van der Waals surface area contributed by atoms with E-state index in [1.165, 1.54) is 6.92 Å². The summed E-state index contributed by atoms with van der Waals surface area (Å²) in [5.41, 5.74) is 0. The third kappa shape index (κ3) is 3.96. The molecule has 0 aromatic heterocycles. The lowest BCUT2D eigenvalue weighted by atomic mass is 10.4. The van der Waals surface area contributed by atoms with Gasteiger partial charge in [-0.3, -0.25) is 0 Å². The summed E-state index contributed by atoms with van der Waals surface area (Å²) in [4.78, 5) is 0. The van der Waals surface area contributed by atoms with E-state index in [1.54, 1.807) is 0 Å². The quantitative estimate of drug-likeness (QED) is 0.357. The summed E-state index contributed by atoms with van der Waals surface area (Å²) in [5, 5.41) is -1.72. The van der Waals surface area contributed by atoms with Crippen molar-refractivity contribution in [3.05, 3.63) is 12.7 Å². The molecule has 0 heterocycles. The molecule has 0 aliphatic heterocycles. The number of hydrogen-bond acceptors (Lipinski definition) is 0. The lowest BCUT2D eigenvalue weighted by molar-refractivity contribution is 0.377. The fraction of sp³-hybridized carbons (Fsp3) is 0.500. The molecule has 0 rings (SSSR count). The molecule has 1 atom stereocenters. The number of rotatable bonds is 1. The fourth-order valence-electron chi connectivity index (χ4n) is 0. The summed E-state index contributed by atoms with van der Waals surface area (Å²) in [6.07, 6.45) is 1.04. The summed E-state index contributed by atoms with van der Waals surface area (Å²) in [7, 11) is 0. The van der Waals surface area contributed by atoms with E-state index >= 15 is 0 Å². The molecular weight excluding hydrogens is 102 g/mol. The van der Waals surface area contributed by atoms with Gasteiger partial charge in [0.1, 0.15) is 0 Å². The van der Waals surface area contributed by atoms with Gasteiger partial charge in [-0.15, -0.1) is 0 Å². The average Bonchev–Trinajstić information content (AvgIpc) is 1.35. The SMILES string of the molecule is C=CC(C)(F)Cl. The van der Waals surface area contributed by atoms with E-state index in [2.05, 4.69) is 6.58 Å². The molecule has 2 heteroatoms. The Balaban J connectivity index is 3.45. The molecule has 0 aliphatic carbocycles.